The minimum atomic E-state index is -0.407. The minimum Gasteiger partial charge on any atom is -0.462 e. The van der Waals surface area contributed by atoms with E-state index in [1.54, 1.807) is 12.2 Å². The maximum atomic E-state index is 10.7. The van der Waals surface area contributed by atoms with Gasteiger partial charge in [0.1, 0.15) is 6.61 Å². The molecule has 0 saturated heterocycles. The van der Waals surface area contributed by atoms with Gasteiger partial charge in [0, 0.05) is 6.92 Å². The van der Waals surface area contributed by atoms with Crippen LogP contribution in [0.15, 0.2) is 12.2 Å². The van der Waals surface area contributed by atoms with Crippen molar-refractivity contribution in [3.8, 4) is 0 Å². The van der Waals surface area contributed by atoms with Crippen LogP contribution in [-0.2, 0) is 19.1 Å². The highest BCUT2D eigenvalue weighted by molar-refractivity contribution is 5.72. The molecule has 4 heteroatoms. The molecular formula is C8H10O4. The van der Waals surface area contributed by atoms with Crippen molar-refractivity contribution >= 4 is 11.9 Å². The predicted molar refractivity (Wildman–Crippen MR) is 40.3 cm³/mol. The number of carbonyl (C=O) groups is 2. The summed E-state index contributed by atoms with van der Waals surface area (Å²) in [6.45, 7) is 1.42. The molecule has 1 aliphatic heterocycles. The summed E-state index contributed by atoms with van der Waals surface area (Å²) in [5.74, 6) is -0.653. The molecule has 4 nitrogen and oxygen atoms in total. The molecule has 0 radical (unpaired) electrons. The zero-order valence-electron chi connectivity index (χ0n) is 6.78. The van der Waals surface area contributed by atoms with Crippen LogP contribution < -0.4 is 0 Å². The van der Waals surface area contributed by atoms with Gasteiger partial charge in [-0.25, -0.2) is 0 Å². The smallest absolute Gasteiger partial charge is 0.310 e. The fraction of sp³-hybridized carbons (Fsp3) is 0.500. The van der Waals surface area contributed by atoms with Crippen molar-refractivity contribution in [3.05, 3.63) is 12.2 Å². The number of ether oxygens (including phenoxy) is 2. The Kier molecular flexibility index (Phi) is 2.85. The molecule has 1 aliphatic rings. The number of rotatable bonds is 2. The lowest BCUT2D eigenvalue weighted by Crippen LogP contribution is -2.25. The van der Waals surface area contributed by atoms with Gasteiger partial charge < -0.3 is 9.47 Å². The lowest BCUT2D eigenvalue weighted by molar-refractivity contribution is -0.155. The minimum absolute atomic E-state index is 0.109. The van der Waals surface area contributed by atoms with Gasteiger partial charge in [-0.1, -0.05) is 6.08 Å². The Hall–Kier alpha value is -1.32. The van der Waals surface area contributed by atoms with Crippen molar-refractivity contribution < 1.29 is 19.1 Å². The van der Waals surface area contributed by atoms with Gasteiger partial charge >= 0.3 is 11.9 Å². The molecule has 0 aromatic rings. The summed E-state index contributed by atoms with van der Waals surface area (Å²) < 4.78 is 9.50. The summed E-state index contributed by atoms with van der Waals surface area (Å²) in [4.78, 5) is 21.1. The van der Waals surface area contributed by atoms with Crippen LogP contribution in [-0.4, -0.2) is 24.6 Å². The van der Waals surface area contributed by atoms with Crippen molar-refractivity contribution in [2.45, 2.75) is 19.4 Å². The Morgan fingerprint density at radius 1 is 1.83 bits per heavy atom. The standard InChI is InChI=1S/C8H10O4/c1-6(9)11-5-7-3-2-4-8(10)12-7/h2-3,7H,4-5H2,1H3/t7-/m0/s1. The van der Waals surface area contributed by atoms with Crippen LogP contribution in [0.5, 0.6) is 0 Å². The molecule has 1 atom stereocenters. The Bertz CT molecular complexity index is 219. The Balaban J connectivity index is 2.32. The number of cyclic esters (lactones) is 1. The number of esters is 2. The Morgan fingerprint density at radius 3 is 3.17 bits per heavy atom. The van der Waals surface area contributed by atoms with Gasteiger partial charge in [-0.3, -0.25) is 9.59 Å². The number of hydrogen-bond acceptors (Lipinski definition) is 4. The van der Waals surface area contributed by atoms with E-state index in [2.05, 4.69) is 4.74 Å². The molecule has 0 aromatic carbocycles. The third-order valence-corrected chi connectivity index (χ3v) is 1.37. The summed E-state index contributed by atoms with van der Waals surface area (Å²) in [5, 5.41) is 0. The highest BCUT2D eigenvalue weighted by Crippen LogP contribution is 2.06. The lowest BCUT2D eigenvalue weighted by Gasteiger charge is -2.16. The molecule has 0 aliphatic carbocycles. The van der Waals surface area contributed by atoms with Crippen LogP contribution in [0.1, 0.15) is 13.3 Å². The van der Waals surface area contributed by atoms with E-state index in [9.17, 15) is 9.59 Å². The fourth-order valence-electron chi connectivity index (χ4n) is 0.861. The van der Waals surface area contributed by atoms with Crippen LogP contribution in [0.25, 0.3) is 0 Å². The average Bonchev–Trinajstić information content (AvgIpc) is 2.01. The van der Waals surface area contributed by atoms with E-state index in [1.807, 2.05) is 0 Å². The molecule has 0 fully saturated rings. The summed E-state index contributed by atoms with van der Waals surface area (Å²) in [7, 11) is 0. The lowest BCUT2D eigenvalue weighted by atomic mass is 10.2. The first-order chi connectivity index (χ1) is 5.68. The highest BCUT2D eigenvalue weighted by atomic mass is 16.6. The summed E-state index contributed by atoms with van der Waals surface area (Å²) in [6, 6.07) is 0. The first-order valence-electron chi connectivity index (χ1n) is 3.68. The zero-order valence-corrected chi connectivity index (χ0v) is 6.78. The van der Waals surface area contributed by atoms with E-state index >= 15 is 0 Å². The van der Waals surface area contributed by atoms with Gasteiger partial charge in [0.25, 0.3) is 0 Å². The molecule has 0 bridgehead atoms. The Morgan fingerprint density at radius 2 is 2.58 bits per heavy atom. The normalized spacial score (nSPS) is 21.8. The molecule has 66 valence electrons. The van der Waals surface area contributed by atoms with Crippen LogP contribution >= 0.6 is 0 Å². The average molecular weight is 170 g/mol. The van der Waals surface area contributed by atoms with E-state index in [-0.39, 0.29) is 18.5 Å². The maximum Gasteiger partial charge on any atom is 0.310 e. The van der Waals surface area contributed by atoms with E-state index in [0.29, 0.717) is 6.42 Å². The van der Waals surface area contributed by atoms with Gasteiger partial charge in [-0.15, -0.1) is 0 Å². The molecule has 0 aromatic heterocycles. The molecular weight excluding hydrogens is 160 g/mol. The molecule has 0 N–H and O–H groups in total. The van der Waals surface area contributed by atoms with Crippen molar-refractivity contribution in [1.29, 1.82) is 0 Å². The van der Waals surface area contributed by atoms with Gasteiger partial charge in [-0.2, -0.15) is 0 Å². The quantitative estimate of drug-likeness (QED) is 0.445. The molecule has 0 amide bonds. The van der Waals surface area contributed by atoms with Crippen molar-refractivity contribution in [2.75, 3.05) is 6.61 Å². The Labute approximate surface area is 70.1 Å². The van der Waals surface area contributed by atoms with E-state index in [4.69, 9.17) is 4.74 Å². The van der Waals surface area contributed by atoms with E-state index in [1.165, 1.54) is 6.92 Å². The zero-order chi connectivity index (χ0) is 8.97. The first kappa shape index (κ1) is 8.77. The van der Waals surface area contributed by atoms with Crippen LogP contribution in [0.4, 0.5) is 0 Å². The van der Waals surface area contributed by atoms with Gasteiger partial charge in [0.05, 0.1) is 6.42 Å². The summed E-state index contributed by atoms with van der Waals surface area (Å²) >= 11 is 0. The molecule has 1 heterocycles. The molecule has 12 heavy (non-hydrogen) atoms. The second kappa shape index (κ2) is 3.90. The van der Waals surface area contributed by atoms with E-state index < -0.39 is 6.10 Å². The van der Waals surface area contributed by atoms with Crippen molar-refractivity contribution in [2.24, 2.45) is 0 Å². The van der Waals surface area contributed by atoms with Crippen molar-refractivity contribution in [3.63, 3.8) is 0 Å². The van der Waals surface area contributed by atoms with Crippen LogP contribution in [0.2, 0.25) is 0 Å². The second-order valence-corrected chi connectivity index (χ2v) is 2.46. The molecule has 1 rings (SSSR count). The van der Waals surface area contributed by atoms with Gasteiger partial charge in [0.2, 0.25) is 0 Å². The molecule has 0 unspecified atom stereocenters. The SMILES string of the molecule is CC(=O)OC[C@@H]1C=CCC(=O)O1. The monoisotopic (exact) mass is 170 g/mol. The summed E-state index contributed by atoms with van der Waals surface area (Å²) in [6.07, 6.45) is 3.32. The van der Waals surface area contributed by atoms with E-state index in [0.717, 1.165) is 0 Å². The maximum absolute atomic E-state index is 10.7. The van der Waals surface area contributed by atoms with Gasteiger partial charge in [0.15, 0.2) is 6.10 Å². The second-order valence-electron chi connectivity index (χ2n) is 2.46. The van der Waals surface area contributed by atoms with Crippen LogP contribution in [0.3, 0.4) is 0 Å². The van der Waals surface area contributed by atoms with Crippen LogP contribution in [0, 0.1) is 0 Å². The van der Waals surface area contributed by atoms with Gasteiger partial charge in [-0.05, 0) is 6.08 Å². The predicted octanol–water partition coefficient (Wildman–Crippen LogP) is 0.421. The topological polar surface area (TPSA) is 52.6 Å². The fourth-order valence-corrected chi connectivity index (χ4v) is 0.861. The number of hydrogen-bond donors (Lipinski definition) is 0. The molecule has 0 spiro atoms. The molecule has 0 saturated carbocycles. The third kappa shape index (κ3) is 2.74. The highest BCUT2D eigenvalue weighted by Gasteiger charge is 2.15. The van der Waals surface area contributed by atoms with Crippen molar-refractivity contribution in [1.82, 2.24) is 0 Å². The number of carbonyl (C=O) groups excluding carboxylic acids is 2. The summed E-state index contributed by atoms with van der Waals surface area (Å²) in [5.41, 5.74) is 0. The first-order valence-corrected chi connectivity index (χ1v) is 3.68. The largest absolute Gasteiger partial charge is 0.462 e. The third-order valence-electron chi connectivity index (χ3n) is 1.37.